The van der Waals surface area contributed by atoms with Gasteiger partial charge in [-0.1, -0.05) is 32.0 Å². The molecule has 2 aliphatic heterocycles. The Morgan fingerprint density at radius 1 is 1.00 bits per heavy atom. The molecule has 108 valence electrons. The molecule has 2 fully saturated rings. The number of carbonyl (C=O) groups excluding carboxylic acids is 1. The molecule has 3 rings (SSSR count). The molecule has 2 aliphatic rings. The van der Waals surface area contributed by atoms with Crippen LogP contribution >= 0.6 is 0 Å². The lowest BCUT2D eigenvalue weighted by Gasteiger charge is -2.56. The molecule has 0 spiro atoms. The van der Waals surface area contributed by atoms with E-state index in [2.05, 4.69) is 30.7 Å². The first-order chi connectivity index (χ1) is 9.39. The maximum atomic E-state index is 12.7. The van der Waals surface area contributed by atoms with Crippen LogP contribution in [-0.4, -0.2) is 48.9 Å². The van der Waals surface area contributed by atoms with Crippen LogP contribution in [0.3, 0.4) is 0 Å². The lowest BCUT2D eigenvalue weighted by molar-refractivity contribution is -0.0554. The van der Waals surface area contributed by atoms with E-state index in [0.717, 1.165) is 31.7 Å². The topological polar surface area (TPSA) is 23.6 Å². The van der Waals surface area contributed by atoms with E-state index in [0.29, 0.717) is 0 Å². The van der Waals surface area contributed by atoms with E-state index in [1.165, 1.54) is 6.42 Å². The zero-order chi connectivity index (χ0) is 14.4. The van der Waals surface area contributed by atoms with Gasteiger partial charge in [0.1, 0.15) is 0 Å². The van der Waals surface area contributed by atoms with Crippen LogP contribution in [0.4, 0.5) is 0 Å². The SMILES string of the molecule is CN1CC2(C)CN(C(=O)c3ccccc3)CC(C)(C1)C2. The number of carbonyl (C=O) groups is 1. The largest absolute Gasteiger partial charge is 0.337 e. The van der Waals surface area contributed by atoms with E-state index in [4.69, 9.17) is 0 Å². The van der Waals surface area contributed by atoms with Crippen LogP contribution in [-0.2, 0) is 0 Å². The third-order valence-electron chi connectivity index (χ3n) is 4.61. The van der Waals surface area contributed by atoms with Crippen molar-refractivity contribution in [2.24, 2.45) is 10.8 Å². The summed E-state index contributed by atoms with van der Waals surface area (Å²) in [6.45, 7) is 8.57. The minimum absolute atomic E-state index is 0.187. The van der Waals surface area contributed by atoms with E-state index in [1.807, 2.05) is 30.3 Å². The highest BCUT2D eigenvalue weighted by Crippen LogP contribution is 2.45. The molecule has 1 amide bonds. The number of nitrogens with zero attached hydrogens (tertiary/aromatic N) is 2. The smallest absolute Gasteiger partial charge is 0.253 e. The van der Waals surface area contributed by atoms with E-state index >= 15 is 0 Å². The standard InChI is InChI=1S/C17H24N2O/c1-16-9-17(2,11-18(3)10-16)13-19(12-16)15(20)14-7-5-4-6-8-14/h4-8H,9-13H2,1-3H3. The summed E-state index contributed by atoms with van der Waals surface area (Å²) in [6.07, 6.45) is 1.23. The highest BCUT2D eigenvalue weighted by molar-refractivity contribution is 5.94. The summed E-state index contributed by atoms with van der Waals surface area (Å²) < 4.78 is 0. The van der Waals surface area contributed by atoms with Crippen LogP contribution in [0.5, 0.6) is 0 Å². The summed E-state index contributed by atoms with van der Waals surface area (Å²) >= 11 is 0. The average molecular weight is 272 g/mol. The second kappa shape index (κ2) is 4.59. The van der Waals surface area contributed by atoms with Gasteiger partial charge in [0.25, 0.3) is 5.91 Å². The number of piperidine rings is 2. The summed E-state index contributed by atoms with van der Waals surface area (Å²) in [7, 11) is 2.20. The summed E-state index contributed by atoms with van der Waals surface area (Å²) in [6, 6.07) is 9.68. The van der Waals surface area contributed by atoms with Gasteiger partial charge >= 0.3 is 0 Å². The highest BCUT2D eigenvalue weighted by atomic mass is 16.2. The Labute approximate surface area is 121 Å². The second-order valence-electron chi connectivity index (χ2n) is 7.50. The summed E-state index contributed by atoms with van der Waals surface area (Å²) in [4.78, 5) is 17.2. The van der Waals surface area contributed by atoms with Crippen LogP contribution in [0.25, 0.3) is 0 Å². The Kier molecular flexibility index (Phi) is 3.13. The number of likely N-dealkylation sites (tertiary alicyclic amines) is 2. The van der Waals surface area contributed by atoms with Crippen molar-refractivity contribution in [3.05, 3.63) is 35.9 Å². The van der Waals surface area contributed by atoms with Crippen LogP contribution < -0.4 is 0 Å². The maximum absolute atomic E-state index is 12.7. The van der Waals surface area contributed by atoms with E-state index < -0.39 is 0 Å². The van der Waals surface area contributed by atoms with Crippen molar-refractivity contribution in [3.63, 3.8) is 0 Å². The van der Waals surface area contributed by atoms with Gasteiger partial charge in [-0.3, -0.25) is 4.79 Å². The molecule has 0 N–H and O–H groups in total. The number of hydrogen-bond acceptors (Lipinski definition) is 2. The van der Waals surface area contributed by atoms with Crippen LogP contribution in [0.1, 0.15) is 30.6 Å². The normalized spacial score (nSPS) is 34.0. The monoisotopic (exact) mass is 272 g/mol. The molecule has 1 aromatic rings. The van der Waals surface area contributed by atoms with Crippen LogP contribution in [0.2, 0.25) is 0 Å². The molecule has 0 aromatic heterocycles. The molecular weight excluding hydrogens is 248 g/mol. The fraction of sp³-hybridized carbons (Fsp3) is 0.588. The van der Waals surface area contributed by atoms with Gasteiger partial charge in [-0.05, 0) is 36.4 Å². The Bertz CT molecular complexity index is 495. The number of rotatable bonds is 1. The van der Waals surface area contributed by atoms with Gasteiger partial charge in [0, 0.05) is 31.7 Å². The molecule has 0 saturated carbocycles. The van der Waals surface area contributed by atoms with Crippen molar-refractivity contribution in [2.45, 2.75) is 20.3 Å². The summed E-state index contributed by atoms with van der Waals surface area (Å²) in [5.74, 6) is 0.187. The average Bonchev–Trinajstić information content (AvgIpc) is 2.35. The molecule has 2 unspecified atom stereocenters. The third kappa shape index (κ3) is 2.47. The quantitative estimate of drug-likeness (QED) is 0.784. The predicted molar refractivity (Wildman–Crippen MR) is 80.7 cm³/mol. The number of benzene rings is 1. The first kappa shape index (κ1) is 13.6. The van der Waals surface area contributed by atoms with Crippen molar-refractivity contribution >= 4 is 5.91 Å². The maximum Gasteiger partial charge on any atom is 0.253 e. The van der Waals surface area contributed by atoms with E-state index in [-0.39, 0.29) is 16.7 Å². The second-order valence-corrected chi connectivity index (χ2v) is 7.50. The lowest BCUT2D eigenvalue weighted by atomic mass is 9.65. The zero-order valence-corrected chi connectivity index (χ0v) is 12.7. The fourth-order valence-corrected chi connectivity index (χ4v) is 4.60. The lowest BCUT2D eigenvalue weighted by Crippen LogP contribution is -2.62. The molecule has 20 heavy (non-hydrogen) atoms. The Morgan fingerprint density at radius 3 is 2.10 bits per heavy atom. The third-order valence-corrected chi connectivity index (χ3v) is 4.61. The highest BCUT2D eigenvalue weighted by Gasteiger charge is 2.48. The number of hydrogen-bond donors (Lipinski definition) is 0. The Balaban J connectivity index is 1.85. The molecular formula is C17H24N2O. The zero-order valence-electron chi connectivity index (χ0n) is 12.7. The van der Waals surface area contributed by atoms with Gasteiger partial charge in [0.05, 0.1) is 0 Å². The van der Waals surface area contributed by atoms with Gasteiger partial charge in [-0.25, -0.2) is 0 Å². The van der Waals surface area contributed by atoms with Crippen molar-refractivity contribution in [3.8, 4) is 0 Å². The molecule has 1 aromatic carbocycles. The van der Waals surface area contributed by atoms with Gasteiger partial charge < -0.3 is 9.80 Å². The molecule has 3 nitrogen and oxygen atoms in total. The minimum Gasteiger partial charge on any atom is -0.337 e. The molecule has 2 heterocycles. The van der Waals surface area contributed by atoms with Gasteiger partial charge in [-0.15, -0.1) is 0 Å². The number of fused-ring (bicyclic) bond motifs is 2. The van der Waals surface area contributed by atoms with Crippen molar-refractivity contribution in [1.29, 1.82) is 0 Å². The molecule has 2 bridgehead atoms. The molecule has 2 saturated heterocycles. The van der Waals surface area contributed by atoms with Crippen molar-refractivity contribution in [1.82, 2.24) is 9.80 Å². The minimum atomic E-state index is 0.187. The van der Waals surface area contributed by atoms with Crippen molar-refractivity contribution in [2.75, 3.05) is 33.2 Å². The Hall–Kier alpha value is -1.35. The van der Waals surface area contributed by atoms with Gasteiger partial charge in [-0.2, -0.15) is 0 Å². The van der Waals surface area contributed by atoms with Crippen LogP contribution in [0.15, 0.2) is 30.3 Å². The summed E-state index contributed by atoms with van der Waals surface area (Å²) in [5.41, 5.74) is 1.27. The first-order valence-corrected chi connectivity index (χ1v) is 7.42. The van der Waals surface area contributed by atoms with Crippen LogP contribution in [0, 0.1) is 10.8 Å². The Morgan fingerprint density at radius 2 is 1.55 bits per heavy atom. The van der Waals surface area contributed by atoms with E-state index in [9.17, 15) is 4.79 Å². The molecule has 0 radical (unpaired) electrons. The van der Waals surface area contributed by atoms with Gasteiger partial charge in [0.15, 0.2) is 0 Å². The summed E-state index contributed by atoms with van der Waals surface area (Å²) in [5, 5.41) is 0. The van der Waals surface area contributed by atoms with E-state index in [1.54, 1.807) is 0 Å². The molecule has 3 heteroatoms. The first-order valence-electron chi connectivity index (χ1n) is 7.42. The number of amides is 1. The molecule has 2 atom stereocenters. The predicted octanol–water partition coefficient (Wildman–Crippen LogP) is 2.49. The van der Waals surface area contributed by atoms with Gasteiger partial charge in [0.2, 0.25) is 0 Å². The fourth-order valence-electron chi connectivity index (χ4n) is 4.60. The van der Waals surface area contributed by atoms with Crippen molar-refractivity contribution < 1.29 is 4.79 Å². The molecule has 0 aliphatic carbocycles.